The summed E-state index contributed by atoms with van der Waals surface area (Å²) in [4.78, 5) is 10.1. The van der Waals surface area contributed by atoms with Crippen LogP contribution in [0.2, 0.25) is 0 Å². The molecular formula is C17H23IN4S. The van der Waals surface area contributed by atoms with E-state index in [0.717, 1.165) is 23.2 Å². The van der Waals surface area contributed by atoms with Gasteiger partial charge in [-0.25, -0.2) is 4.98 Å². The summed E-state index contributed by atoms with van der Waals surface area (Å²) in [5, 5.41) is 7.96. The summed E-state index contributed by atoms with van der Waals surface area (Å²) < 4.78 is 0. The molecule has 1 fully saturated rings. The molecule has 1 saturated carbocycles. The number of hydrogen-bond acceptors (Lipinski definition) is 3. The number of aliphatic imine (C=N–C) groups is 1. The lowest BCUT2D eigenvalue weighted by atomic mass is 10.1. The number of nitrogens with zero attached hydrogens (tertiary/aromatic N) is 2. The first-order chi connectivity index (χ1) is 10.7. The molecule has 2 N–H and O–H groups in total. The largest absolute Gasteiger partial charge is 0.353 e. The van der Waals surface area contributed by atoms with E-state index >= 15 is 0 Å². The molecule has 0 bridgehead atoms. The Kier molecular flexibility index (Phi) is 6.41. The van der Waals surface area contributed by atoms with Crippen LogP contribution in [-0.2, 0) is 6.54 Å². The normalized spacial score (nSPS) is 19.9. The van der Waals surface area contributed by atoms with Crippen LogP contribution in [0.5, 0.6) is 0 Å². The fourth-order valence-electron chi connectivity index (χ4n) is 2.57. The van der Waals surface area contributed by atoms with E-state index in [0.29, 0.717) is 12.0 Å². The zero-order valence-corrected chi connectivity index (χ0v) is 16.8. The van der Waals surface area contributed by atoms with Crippen LogP contribution < -0.4 is 10.6 Å². The van der Waals surface area contributed by atoms with Crippen LogP contribution in [0.4, 0.5) is 0 Å². The van der Waals surface area contributed by atoms with Crippen molar-refractivity contribution in [2.45, 2.75) is 38.8 Å². The van der Waals surface area contributed by atoms with Gasteiger partial charge in [0.15, 0.2) is 5.96 Å². The van der Waals surface area contributed by atoms with Crippen molar-refractivity contribution in [2.75, 3.05) is 7.05 Å². The molecule has 1 aliphatic rings. The van der Waals surface area contributed by atoms with Gasteiger partial charge in [0.2, 0.25) is 0 Å². The number of aryl methyl sites for hydroxylation is 2. The van der Waals surface area contributed by atoms with Gasteiger partial charge in [-0.2, -0.15) is 0 Å². The van der Waals surface area contributed by atoms with Crippen molar-refractivity contribution in [3.8, 4) is 0 Å². The van der Waals surface area contributed by atoms with E-state index in [1.165, 1.54) is 16.9 Å². The average Bonchev–Trinajstić information content (AvgIpc) is 3.23. The highest BCUT2D eigenvalue weighted by Crippen LogP contribution is 2.40. The Balaban J connectivity index is 0.00000192. The number of hydrogen-bond donors (Lipinski definition) is 2. The van der Waals surface area contributed by atoms with Crippen LogP contribution in [0, 0.1) is 13.8 Å². The molecule has 0 spiro atoms. The third-order valence-electron chi connectivity index (χ3n) is 4.04. The Bertz CT molecular complexity index is 649. The standard InChI is InChI=1S/C17H22N4S.HI/c1-11-12(2)22-16(20-11)10-19-17(18-3)21-15-9-14(15)13-7-5-4-6-8-13;/h4-8,14-15H,9-10H2,1-3H3,(H2,18,19,21);1H. The van der Waals surface area contributed by atoms with Gasteiger partial charge in [0.25, 0.3) is 0 Å². The Morgan fingerprint density at radius 2 is 2.04 bits per heavy atom. The van der Waals surface area contributed by atoms with E-state index in [-0.39, 0.29) is 24.0 Å². The van der Waals surface area contributed by atoms with Gasteiger partial charge in [-0.1, -0.05) is 30.3 Å². The number of rotatable bonds is 4. The number of aromatic nitrogens is 1. The van der Waals surface area contributed by atoms with Crippen molar-refractivity contribution in [1.29, 1.82) is 0 Å². The maximum Gasteiger partial charge on any atom is 0.191 e. The summed E-state index contributed by atoms with van der Waals surface area (Å²) in [7, 11) is 1.81. The lowest BCUT2D eigenvalue weighted by molar-refractivity contribution is 0.786. The van der Waals surface area contributed by atoms with Gasteiger partial charge in [-0.15, -0.1) is 35.3 Å². The van der Waals surface area contributed by atoms with Crippen LogP contribution >= 0.6 is 35.3 Å². The predicted molar refractivity (Wildman–Crippen MR) is 108 cm³/mol. The molecule has 6 heteroatoms. The van der Waals surface area contributed by atoms with E-state index in [4.69, 9.17) is 0 Å². The van der Waals surface area contributed by atoms with E-state index in [1.54, 1.807) is 11.3 Å². The fraction of sp³-hybridized carbons (Fsp3) is 0.412. The minimum Gasteiger partial charge on any atom is -0.353 e. The molecule has 0 amide bonds. The molecule has 23 heavy (non-hydrogen) atoms. The highest BCUT2D eigenvalue weighted by molar-refractivity contribution is 14.0. The zero-order valence-electron chi connectivity index (χ0n) is 13.7. The fourth-order valence-corrected chi connectivity index (χ4v) is 3.44. The molecular weight excluding hydrogens is 419 g/mol. The summed E-state index contributed by atoms with van der Waals surface area (Å²) in [6.45, 7) is 4.89. The van der Waals surface area contributed by atoms with Crippen molar-refractivity contribution in [2.24, 2.45) is 4.99 Å². The Morgan fingerprint density at radius 1 is 1.30 bits per heavy atom. The second-order valence-corrected chi connectivity index (χ2v) is 6.97. The highest BCUT2D eigenvalue weighted by atomic mass is 127. The molecule has 1 aromatic heterocycles. The monoisotopic (exact) mass is 442 g/mol. The molecule has 1 aliphatic carbocycles. The second-order valence-electron chi connectivity index (χ2n) is 5.68. The average molecular weight is 442 g/mol. The molecule has 1 aromatic carbocycles. The number of guanidine groups is 1. The van der Waals surface area contributed by atoms with Crippen LogP contribution in [0.3, 0.4) is 0 Å². The van der Waals surface area contributed by atoms with E-state index in [2.05, 4.69) is 64.8 Å². The van der Waals surface area contributed by atoms with E-state index in [9.17, 15) is 0 Å². The van der Waals surface area contributed by atoms with Gasteiger partial charge in [-0.05, 0) is 25.8 Å². The number of benzene rings is 1. The summed E-state index contributed by atoms with van der Waals surface area (Å²) in [6.07, 6.45) is 1.17. The lowest BCUT2D eigenvalue weighted by Crippen LogP contribution is -2.38. The van der Waals surface area contributed by atoms with Crippen molar-refractivity contribution in [1.82, 2.24) is 15.6 Å². The van der Waals surface area contributed by atoms with Gasteiger partial charge in [-0.3, -0.25) is 4.99 Å². The Morgan fingerprint density at radius 3 is 2.65 bits per heavy atom. The number of halogens is 1. The Labute approximate surface area is 158 Å². The van der Waals surface area contributed by atoms with Crippen molar-refractivity contribution >= 4 is 41.3 Å². The minimum atomic E-state index is 0. The zero-order chi connectivity index (χ0) is 15.5. The molecule has 3 rings (SSSR count). The van der Waals surface area contributed by atoms with E-state index < -0.39 is 0 Å². The Hall–Kier alpha value is -1.15. The topological polar surface area (TPSA) is 49.3 Å². The molecule has 4 nitrogen and oxygen atoms in total. The van der Waals surface area contributed by atoms with Crippen LogP contribution in [0.25, 0.3) is 0 Å². The maximum absolute atomic E-state index is 4.55. The predicted octanol–water partition coefficient (Wildman–Crippen LogP) is 3.60. The van der Waals surface area contributed by atoms with Gasteiger partial charge in [0, 0.05) is 23.9 Å². The summed E-state index contributed by atoms with van der Waals surface area (Å²) in [5.74, 6) is 1.46. The summed E-state index contributed by atoms with van der Waals surface area (Å²) in [6, 6.07) is 11.1. The summed E-state index contributed by atoms with van der Waals surface area (Å²) >= 11 is 1.74. The third kappa shape index (κ3) is 4.67. The van der Waals surface area contributed by atoms with Crippen molar-refractivity contribution in [3.63, 3.8) is 0 Å². The molecule has 0 aliphatic heterocycles. The second kappa shape index (κ2) is 8.10. The quantitative estimate of drug-likeness (QED) is 0.432. The van der Waals surface area contributed by atoms with Crippen LogP contribution in [-0.4, -0.2) is 24.0 Å². The molecule has 1 heterocycles. The first-order valence-corrected chi connectivity index (χ1v) is 8.44. The third-order valence-corrected chi connectivity index (χ3v) is 5.12. The van der Waals surface area contributed by atoms with E-state index in [1.807, 2.05) is 7.05 Å². The van der Waals surface area contributed by atoms with Gasteiger partial charge < -0.3 is 10.6 Å². The summed E-state index contributed by atoms with van der Waals surface area (Å²) in [5.41, 5.74) is 2.53. The SMILES string of the molecule is CN=C(NCc1nc(C)c(C)s1)NC1CC1c1ccccc1.I. The first-order valence-electron chi connectivity index (χ1n) is 7.62. The smallest absolute Gasteiger partial charge is 0.191 e. The van der Waals surface area contributed by atoms with Crippen molar-refractivity contribution in [3.05, 3.63) is 51.5 Å². The van der Waals surface area contributed by atoms with Crippen LogP contribution in [0.15, 0.2) is 35.3 Å². The number of thiazole rings is 1. The molecule has 124 valence electrons. The van der Waals surface area contributed by atoms with Gasteiger partial charge in [0.05, 0.1) is 12.2 Å². The number of nitrogens with one attached hydrogen (secondary N) is 2. The van der Waals surface area contributed by atoms with Gasteiger partial charge in [0.1, 0.15) is 5.01 Å². The lowest BCUT2D eigenvalue weighted by Gasteiger charge is -2.10. The van der Waals surface area contributed by atoms with Crippen LogP contribution in [0.1, 0.15) is 33.5 Å². The molecule has 2 aromatic rings. The molecule has 0 saturated heterocycles. The minimum absolute atomic E-state index is 0. The maximum atomic E-state index is 4.55. The molecule has 2 atom stereocenters. The highest BCUT2D eigenvalue weighted by Gasteiger charge is 2.38. The molecule has 2 unspecified atom stereocenters. The van der Waals surface area contributed by atoms with Gasteiger partial charge >= 0.3 is 0 Å². The molecule has 0 radical (unpaired) electrons. The first kappa shape index (κ1) is 18.2. The van der Waals surface area contributed by atoms with Crippen molar-refractivity contribution < 1.29 is 0 Å².